The first kappa shape index (κ1) is 22.8. The molecule has 3 rings (SSSR count). The lowest BCUT2D eigenvalue weighted by Gasteiger charge is -2.08. The van der Waals surface area contributed by atoms with E-state index in [2.05, 4.69) is 15.5 Å². The lowest BCUT2D eigenvalue weighted by Crippen LogP contribution is -2.18. The summed E-state index contributed by atoms with van der Waals surface area (Å²) in [5.41, 5.74) is 1.48. The standard InChI is InChI=1S/C20H22FN5O3S2/c1-4-12-11(3)31-18(16(12)19(28)29-5-2)23-15(27)10-30-20-25-24-17(26(20)22)13-8-6-7-9-14(13)21/h6-9H,4-5,10,22H2,1-3H3,(H,23,27). The molecule has 0 spiro atoms. The second kappa shape index (κ2) is 9.92. The van der Waals surface area contributed by atoms with Gasteiger partial charge in [0, 0.05) is 4.88 Å². The molecule has 0 aliphatic rings. The SMILES string of the molecule is CCOC(=O)c1c(NC(=O)CSc2nnc(-c3ccccc3F)n2N)sc(C)c1CC. The lowest BCUT2D eigenvalue weighted by atomic mass is 10.1. The molecule has 1 amide bonds. The minimum absolute atomic E-state index is 0.0206. The van der Waals surface area contributed by atoms with Crippen LogP contribution in [-0.2, 0) is 16.0 Å². The molecule has 31 heavy (non-hydrogen) atoms. The Bertz CT molecular complexity index is 1110. The van der Waals surface area contributed by atoms with E-state index >= 15 is 0 Å². The molecule has 0 atom stereocenters. The number of benzene rings is 1. The second-order valence-electron chi connectivity index (χ2n) is 6.41. The number of nitrogens with zero attached hydrogens (tertiary/aromatic N) is 3. The number of rotatable bonds is 8. The molecular weight excluding hydrogens is 441 g/mol. The van der Waals surface area contributed by atoms with Crippen LogP contribution in [0.1, 0.15) is 34.6 Å². The molecule has 3 N–H and O–H groups in total. The molecule has 3 aromatic rings. The summed E-state index contributed by atoms with van der Waals surface area (Å²) >= 11 is 2.39. The molecule has 0 fully saturated rings. The van der Waals surface area contributed by atoms with Crippen molar-refractivity contribution in [2.75, 3.05) is 23.5 Å². The van der Waals surface area contributed by atoms with Crippen molar-refractivity contribution < 1.29 is 18.7 Å². The molecule has 0 radical (unpaired) electrons. The molecular formula is C20H22FN5O3S2. The van der Waals surface area contributed by atoms with E-state index < -0.39 is 11.8 Å². The maximum atomic E-state index is 14.0. The van der Waals surface area contributed by atoms with Gasteiger partial charge < -0.3 is 15.9 Å². The Kier molecular flexibility index (Phi) is 7.29. The van der Waals surface area contributed by atoms with Gasteiger partial charge in [0.25, 0.3) is 0 Å². The fraction of sp³-hybridized carbons (Fsp3) is 0.300. The lowest BCUT2D eigenvalue weighted by molar-refractivity contribution is -0.113. The van der Waals surface area contributed by atoms with E-state index in [4.69, 9.17) is 10.6 Å². The van der Waals surface area contributed by atoms with E-state index in [9.17, 15) is 14.0 Å². The Hall–Kier alpha value is -2.92. The van der Waals surface area contributed by atoms with Crippen LogP contribution in [0.2, 0.25) is 0 Å². The number of ether oxygens (including phenoxy) is 1. The summed E-state index contributed by atoms with van der Waals surface area (Å²) in [6.07, 6.45) is 0.649. The zero-order valence-corrected chi connectivity index (χ0v) is 18.9. The van der Waals surface area contributed by atoms with Crippen molar-refractivity contribution in [1.29, 1.82) is 0 Å². The van der Waals surface area contributed by atoms with E-state index in [-0.39, 0.29) is 34.8 Å². The Morgan fingerprint density at radius 1 is 1.29 bits per heavy atom. The highest BCUT2D eigenvalue weighted by atomic mass is 32.2. The number of thioether (sulfide) groups is 1. The van der Waals surface area contributed by atoms with Gasteiger partial charge in [-0.2, -0.15) is 0 Å². The number of halogens is 1. The van der Waals surface area contributed by atoms with Crippen molar-refractivity contribution in [2.24, 2.45) is 0 Å². The summed E-state index contributed by atoms with van der Waals surface area (Å²) in [6, 6.07) is 6.09. The van der Waals surface area contributed by atoms with Crippen LogP contribution >= 0.6 is 23.1 Å². The van der Waals surface area contributed by atoms with Crippen LogP contribution < -0.4 is 11.2 Å². The highest BCUT2D eigenvalue weighted by Gasteiger charge is 2.24. The second-order valence-corrected chi connectivity index (χ2v) is 8.58. The van der Waals surface area contributed by atoms with Crippen LogP contribution in [0.15, 0.2) is 29.4 Å². The average Bonchev–Trinajstić information content (AvgIpc) is 3.25. The first-order valence-electron chi connectivity index (χ1n) is 9.54. The molecule has 0 bridgehead atoms. The van der Waals surface area contributed by atoms with Crippen LogP contribution in [0.25, 0.3) is 11.4 Å². The van der Waals surface area contributed by atoms with Crippen molar-refractivity contribution >= 4 is 40.0 Å². The van der Waals surface area contributed by atoms with Crippen LogP contribution in [0.5, 0.6) is 0 Å². The van der Waals surface area contributed by atoms with E-state index in [1.54, 1.807) is 25.1 Å². The number of thiophene rings is 1. The molecule has 0 unspecified atom stereocenters. The summed E-state index contributed by atoms with van der Waals surface area (Å²) in [5, 5.41) is 11.4. The van der Waals surface area contributed by atoms with Gasteiger partial charge in [0.05, 0.1) is 23.5 Å². The maximum Gasteiger partial charge on any atom is 0.341 e. The summed E-state index contributed by atoms with van der Waals surface area (Å²) in [7, 11) is 0. The number of aromatic nitrogens is 3. The number of aryl methyl sites for hydroxylation is 1. The fourth-order valence-electron chi connectivity index (χ4n) is 3.01. The average molecular weight is 464 g/mol. The molecule has 2 heterocycles. The molecule has 0 saturated carbocycles. The van der Waals surface area contributed by atoms with Crippen LogP contribution in [0, 0.1) is 12.7 Å². The molecule has 0 aliphatic heterocycles. The summed E-state index contributed by atoms with van der Waals surface area (Å²) in [5.74, 6) is 4.87. The van der Waals surface area contributed by atoms with Crippen LogP contribution in [0.3, 0.4) is 0 Å². The van der Waals surface area contributed by atoms with E-state index in [1.807, 2.05) is 13.8 Å². The molecule has 0 saturated heterocycles. The minimum Gasteiger partial charge on any atom is -0.462 e. The first-order valence-corrected chi connectivity index (χ1v) is 11.3. The van der Waals surface area contributed by atoms with Gasteiger partial charge in [-0.1, -0.05) is 30.8 Å². The van der Waals surface area contributed by atoms with Gasteiger partial charge in [-0.25, -0.2) is 13.9 Å². The Balaban J connectivity index is 1.72. The smallest absolute Gasteiger partial charge is 0.341 e. The van der Waals surface area contributed by atoms with Gasteiger partial charge in [-0.3, -0.25) is 4.79 Å². The Morgan fingerprint density at radius 2 is 2.03 bits per heavy atom. The summed E-state index contributed by atoms with van der Waals surface area (Å²) < 4.78 is 20.3. The highest BCUT2D eigenvalue weighted by molar-refractivity contribution is 7.99. The van der Waals surface area contributed by atoms with E-state index in [0.29, 0.717) is 17.0 Å². The third kappa shape index (κ3) is 4.88. The molecule has 2 aromatic heterocycles. The normalized spacial score (nSPS) is 10.8. The molecule has 164 valence electrons. The van der Waals surface area contributed by atoms with E-state index in [0.717, 1.165) is 26.9 Å². The largest absolute Gasteiger partial charge is 0.462 e. The van der Waals surface area contributed by atoms with Gasteiger partial charge in [0.15, 0.2) is 5.82 Å². The Labute approximate surface area is 187 Å². The van der Waals surface area contributed by atoms with Gasteiger partial charge in [-0.15, -0.1) is 21.5 Å². The number of nitrogen functional groups attached to an aromatic ring is 1. The number of esters is 1. The van der Waals surface area contributed by atoms with Crippen molar-refractivity contribution in [1.82, 2.24) is 14.9 Å². The minimum atomic E-state index is -0.470. The number of carbonyl (C=O) groups is 2. The molecule has 1 aromatic carbocycles. The zero-order valence-electron chi connectivity index (χ0n) is 17.3. The van der Waals surface area contributed by atoms with Gasteiger partial charge in [-0.05, 0) is 38.0 Å². The number of nitrogens with one attached hydrogen (secondary N) is 1. The van der Waals surface area contributed by atoms with E-state index in [1.165, 1.54) is 17.4 Å². The number of hydrogen-bond donors (Lipinski definition) is 2. The predicted octanol–water partition coefficient (Wildman–Crippen LogP) is 3.64. The zero-order chi connectivity index (χ0) is 22.5. The van der Waals surface area contributed by atoms with Crippen molar-refractivity contribution in [3.63, 3.8) is 0 Å². The number of anilines is 1. The highest BCUT2D eigenvalue weighted by Crippen LogP contribution is 2.34. The number of hydrogen-bond acceptors (Lipinski definition) is 8. The number of carbonyl (C=O) groups excluding carboxylic acids is 2. The van der Waals surface area contributed by atoms with Gasteiger partial charge >= 0.3 is 5.97 Å². The maximum absolute atomic E-state index is 14.0. The molecule has 0 aliphatic carbocycles. The van der Waals surface area contributed by atoms with Crippen LogP contribution in [-0.4, -0.2) is 39.1 Å². The predicted molar refractivity (Wildman–Crippen MR) is 119 cm³/mol. The fourth-order valence-corrected chi connectivity index (χ4v) is 4.81. The number of amides is 1. The van der Waals surface area contributed by atoms with Crippen molar-refractivity contribution in [2.45, 2.75) is 32.3 Å². The van der Waals surface area contributed by atoms with Gasteiger partial charge in [0.1, 0.15) is 10.8 Å². The van der Waals surface area contributed by atoms with Crippen molar-refractivity contribution in [3.8, 4) is 11.4 Å². The summed E-state index contributed by atoms with van der Waals surface area (Å²) in [6.45, 7) is 5.82. The summed E-state index contributed by atoms with van der Waals surface area (Å²) in [4.78, 5) is 25.9. The topological polar surface area (TPSA) is 112 Å². The quantitative estimate of drug-likeness (QED) is 0.298. The molecule has 8 nitrogen and oxygen atoms in total. The Morgan fingerprint density at radius 3 is 2.71 bits per heavy atom. The van der Waals surface area contributed by atoms with Crippen LogP contribution in [0.4, 0.5) is 9.39 Å². The monoisotopic (exact) mass is 463 g/mol. The third-order valence-corrected chi connectivity index (χ3v) is 6.41. The third-order valence-electron chi connectivity index (χ3n) is 4.41. The number of nitrogens with two attached hydrogens (primary N) is 1. The van der Waals surface area contributed by atoms with Crippen molar-refractivity contribution in [3.05, 3.63) is 46.1 Å². The molecule has 11 heteroatoms. The first-order chi connectivity index (χ1) is 14.9. The van der Waals surface area contributed by atoms with Gasteiger partial charge in [0.2, 0.25) is 11.1 Å².